The molecule has 0 bridgehead atoms. The molecule has 4 rings (SSSR count). The van der Waals surface area contributed by atoms with E-state index in [1.54, 1.807) is 30.3 Å². The fourth-order valence-electron chi connectivity index (χ4n) is 3.44. The molecule has 0 spiro atoms. The van der Waals surface area contributed by atoms with Crippen LogP contribution in [0.2, 0.25) is 5.02 Å². The predicted octanol–water partition coefficient (Wildman–Crippen LogP) is 5.38. The molecule has 1 fully saturated rings. The summed E-state index contributed by atoms with van der Waals surface area (Å²) in [6.45, 7) is -0.0942. The van der Waals surface area contributed by atoms with Crippen LogP contribution >= 0.6 is 23.4 Å². The zero-order valence-corrected chi connectivity index (χ0v) is 21.2. The third-order valence-electron chi connectivity index (χ3n) is 5.23. The number of esters is 1. The maximum absolute atomic E-state index is 12.9. The normalized spacial score (nSPS) is 14.1. The molecule has 10 heteroatoms. The molecule has 1 N–H and O–H groups in total. The van der Waals surface area contributed by atoms with Crippen LogP contribution in [0.4, 0.5) is 10.5 Å². The van der Waals surface area contributed by atoms with Gasteiger partial charge >= 0.3 is 5.97 Å². The van der Waals surface area contributed by atoms with Gasteiger partial charge in [0.15, 0.2) is 0 Å². The second-order valence-corrected chi connectivity index (χ2v) is 9.25. The molecule has 3 aromatic rings. The number of amides is 3. The van der Waals surface area contributed by atoms with Crippen LogP contribution < -0.4 is 10.1 Å². The van der Waals surface area contributed by atoms with Crippen LogP contribution in [0, 0.1) is 0 Å². The number of carbonyl (C=O) groups is 4. The third kappa shape index (κ3) is 6.58. The largest absolute Gasteiger partial charge is 0.489 e. The number of thioether (sulfide) groups is 1. The summed E-state index contributed by atoms with van der Waals surface area (Å²) in [5.41, 5.74) is 2.04. The molecule has 0 saturated carbocycles. The summed E-state index contributed by atoms with van der Waals surface area (Å²) in [6.07, 6.45) is 1.58. The molecule has 0 unspecified atom stereocenters. The Kier molecular flexibility index (Phi) is 8.27. The minimum atomic E-state index is -0.660. The van der Waals surface area contributed by atoms with Crippen LogP contribution in [0.25, 0.3) is 6.08 Å². The Labute approximate surface area is 222 Å². The zero-order chi connectivity index (χ0) is 26.4. The fourth-order valence-corrected chi connectivity index (χ4v) is 4.47. The Balaban J connectivity index is 1.40. The predicted molar refractivity (Wildman–Crippen MR) is 141 cm³/mol. The van der Waals surface area contributed by atoms with Crippen LogP contribution in [-0.4, -0.2) is 41.6 Å². The Morgan fingerprint density at radius 3 is 2.57 bits per heavy atom. The number of nitrogens with one attached hydrogen (secondary N) is 1. The van der Waals surface area contributed by atoms with E-state index in [0.29, 0.717) is 17.9 Å². The molecule has 3 aromatic carbocycles. The van der Waals surface area contributed by atoms with Gasteiger partial charge in [-0.15, -0.1) is 0 Å². The first-order valence-electron chi connectivity index (χ1n) is 11.0. The average molecular weight is 537 g/mol. The first kappa shape index (κ1) is 26.0. The summed E-state index contributed by atoms with van der Waals surface area (Å²) in [7, 11) is 1.21. The topological polar surface area (TPSA) is 102 Å². The Bertz CT molecular complexity index is 1390. The van der Waals surface area contributed by atoms with E-state index in [0.717, 1.165) is 22.2 Å². The lowest BCUT2D eigenvalue weighted by Gasteiger charge is -2.13. The Morgan fingerprint density at radius 2 is 1.81 bits per heavy atom. The fraction of sp³-hybridized carbons (Fsp3) is 0.111. The number of rotatable bonds is 8. The van der Waals surface area contributed by atoms with Gasteiger partial charge in [0.1, 0.15) is 18.9 Å². The minimum absolute atomic E-state index is 0.0750. The van der Waals surface area contributed by atoms with Gasteiger partial charge in [0.25, 0.3) is 11.1 Å². The SMILES string of the molecule is COC(=O)c1cc(NC(=O)CN2C(=O)S/C(=C/c3cccc(OCc4ccccc4)c3)C2=O)ccc1Cl. The third-order valence-corrected chi connectivity index (χ3v) is 6.47. The van der Waals surface area contributed by atoms with Crippen molar-refractivity contribution in [1.82, 2.24) is 4.90 Å². The van der Waals surface area contributed by atoms with Crippen molar-refractivity contribution in [2.75, 3.05) is 19.0 Å². The van der Waals surface area contributed by atoms with Gasteiger partial charge in [0.05, 0.1) is 22.6 Å². The quantitative estimate of drug-likeness (QED) is 0.304. The number of nitrogens with zero attached hydrogens (tertiary/aromatic N) is 1. The number of imide groups is 1. The highest BCUT2D eigenvalue weighted by atomic mass is 35.5. The summed E-state index contributed by atoms with van der Waals surface area (Å²) < 4.78 is 10.5. The summed E-state index contributed by atoms with van der Waals surface area (Å²) >= 11 is 6.74. The van der Waals surface area contributed by atoms with E-state index >= 15 is 0 Å². The number of methoxy groups -OCH3 is 1. The van der Waals surface area contributed by atoms with Crippen molar-refractivity contribution in [1.29, 1.82) is 0 Å². The van der Waals surface area contributed by atoms with E-state index in [1.165, 1.54) is 25.3 Å². The highest BCUT2D eigenvalue weighted by Crippen LogP contribution is 2.32. The number of anilines is 1. The van der Waals surface area contributed by atoms with Crippen molar-refractivity contribution in [3.05, 3.63) is 99.4 Å². The number of hydrogen-bond donors (Lipinski definition) is 1. The first-order valence-corrected chi connectivity index (χ1v) is 12.2. The van der Waals surface area contributed by atoms with E-state index in [4.69, 9.17) is 16.3 Å². The van der Waals surface area contributed by atoms with E-state index in [2.05, 4.69) is 10.1 Å². The molecule has 0 aliphatic carbocycles. The van der Waals surface area contributed by atoms with E-state index in [-0.39, 0.29) is 21.2 Å². The molecule has 1 aliphatic heterocycles. The lowest BCUT2D eigenvalue weighted by atomic mass is 10.2. The summed E-state index contributed by atoms with van der Waals surface area (Å²) in [5.74, 6) is -1.23. The van der Waals surface area contributed by atoms with Crippen molar-refractivity contribution in [2.45, 2.75) is 6.61 Å². The van der Waals surface area contributed by atoms with Crippen LogP contribution in [0.3, 0.4) is 0 Å². The van der Waals surface area contributed by atoms with E-state index in [9.17, 15) is 19.2 Å². The number of hydrogen-bond acceptors (Lipinski definition) is 7. The Morgan fingerprint density at radius 1 is 1.03 bits per heavy atom. The molecule has 37 heavy (non-hydrogen) atoms. The van der Waals surface area contributed by atoms with Crippen LogP contribution in [0.1, 0.15) is 21.5 Å². The standard InChI is InChI=1S/C27H21ClN2O6S/c1-35-26(33)21-14-19(10-11-22(21)28)29-24(31)15-30-25(32)23(37-27(30)34)13-18-8-5-9-20(12-18)36-16-17-6-3-2-4-7-17/h2-14H,15-16H2,1H3,(H,29,31)/b23-13+. The second kappa shape index (κ2) is 11.8. The van der Waals surface area contributed by atoms with Crippen molar-refractivity contribution in [3.63, 3.8) is 0 Å². The molecule has 1 saturated heterocycles. The molecular weight excluding hydrogens is 516 g/mol. The van der Waals surface area contributed by atoms with Crippen LogP contribution in [0.5, 0.6) is 5.75 Å². The molecule has 188 valence electrons. The molecule has 0 radical (unpaired) electrons. The summed E-state index contributed by atoms with van der Waals surface area (Å²) in [4.78, 5) is 50.7. The van der Waals surface area contributed by atoms with Gasteiger partial charge in [0, 0.05) is 5.69 Å². The Hall–Kier alpha value is -4.08. The van der Waals surface area contributed by atoms with Crippen molar-refractivity contribution >= 4 is 58.1 Å². The number of ether oxygens (including phenoxy) is 2. The maximum Gasteiger partial charge on any atom is 0.339 e. The number of halogens is 1. The smallest absolute Gasteiger partial charge is 0.339 e. The van der Waals surface area contributed by atoms with Gasteiger partial charge in [-0.05, 0) is 59.3 Å². The lowest BCUT2D eigenvalue weighted by molar-refractivity contribution is -0.127. The first-order chi connectivity index (χ1) is 17.8. The van der Waals surface area contributed by atoms with Crippen molar-refractivity contribution in [3.8, 4) is 5.75 Å². The molecule has 0 atom stereocenters. The molecule has 1 heterocycles. The highest BCUT2D eigenvalue weighted by molar-refractivity contribution is 8.18. The van der Waals surface area contributed by atoms with Gasteiger partial charge in [-0.1, -0.05) is 54.1 Å². The molecule has 3 amide bonds. The summed E-state index contributed by atoms with van der Waals surface area (Å²) in [6, 6.07) is 21.1. The number of benzene rings is 3. The molecule has 8 nitrogen and oxygen atoms in total. The monoisotopic (exact) mass is 536 g/mol. The van der Waals surface area contributed by atoms with Crippen LogP contribution in [0.15, 0.2) is 77.7 Å². The van der Waals surface area contributed by atoms with Crippen molar-refractivity contribution in [2.24, 2.45) is 0 Å². The minimum Gasteiger partial charge on any atom is -0.489 e. The number of carbonyl (C=O) groups excluding carboxylic acids is 4. The highest BCUT2D eigenvalue weighted by Gasteiger charge is 2.36. The van der Waals surface area contributed by atoms with Gasteiger partial charge in [-0.3, -0.25) is 19.3 Å². The molecule has 0 aromatic heterocycles. The van der Waals surface area contributed by atoms with E-state index in [1.807, 2.05) is 30.3 Å². The summed E-state index contributed by atoms with van der Waals surface area (Å²) in [5, 5.41) is 2.16. The van der Waals surface area contributed by atoms with Gasteiger partial charge in [0.2, 0.25) is 5.91 Å². The van der Waals surface area contributed by atoms with Gasteiger partial charge in [-0.2, -0.15) is 0 Å². The average Bonchev–Trinajstić information content (AvgIpc) is 3.16. The van der Waals surface area contributed by atoms with Gasteiger partial charge in [-0.25, -0.2) is 4.79 Å². The molecule has 1 aliphatic rings. The van der Waals surface area contributed by atoms with Gasteiger partial charge < -0.3 is 14.8 Å². The lowest BCUT2D eigenvalue weighted by Crippen LogP contribution is -2.36. The second-order valence-electron chi connectivity index (χ2n) is 7.85. The maximum atomic E-state index is 12.9. The molecular formula is C27H21ClN2O6S. The zero-order valence-electron chi connectivity index (χ0n) is 19.6. The van der Waals surface area contributed by atoms with Crippen molar-refractivity contribution < 1.29 is 28.7 Å². The van der Waals surface area contributed by atoms with E-state index < -0.39 is 29.6 Å². The van der Waals surface area contributed by atoms with Crippen LogP contribution in [-0.2, 0) is 20.9 Å².